The Labute approximate surface area is 117 Å². The lowest BCUT2D eigenvalue weighted by Crippen LogP contribution is -2.42. The summed E-state index contributed by atoms with van der Waals surface area (Å²) in [6.45, 7) is 0.290. The molecule has 1 aromatic heterocycles. The predicted molar refractivity (Wildman–Crippen MR) is 74.0 cm³/mol. The third-order valence-electron chi connectivity index (χ3n) is 3.48. The third kappa shape index (κ3) is 3.16. The first kappa shape index (κ1) is 14.1. The highest BCUT2D eigenvalue weighted by Gasteiger charge is 2.34. The molecule has 104 valence electrons. The largest absolute Gasteiger partial charge is 0.388 e. The number of likely N-dealkylation sites (N-methyl/N-ethyl adjacent to an activating group) is 1. The van der Waals surface area contributed by atoms with E-state index >= 15 is 0 Å². The fourth-order valence-corrected chi connectivity index (χ4v) is 2.68. The Bertz CT molecular complexity index is 487. The van der Waals surface area contributed by atoms with Crippen molar-refractivity contribution in [2.75, 3.05) is 19.3 Å². The van der Waals surface area contributed by atoms with Crippen LogP contribution in [0, 0.1) is 0 Å². The Kier molecular flexibility index (Phi) is 3.96. The molecule has 1 aliphatic rings. The van der Waals surface area contributed by atoms with E-state index in [0.29, 0.717) is 6.54 Å². The third-order valence-corrected chi connectivity index (χ3v) is 3.79. The number of aliphatic hydroxyl groups is 1. The summed E-state index contributed by atoms with van der Waals surface area (Å²) in [4.78, 5) is 17.7. The number of rotatable bonds is 3. The van der Waals surface area contributed by atoms with Gasteiger partial charge in [-0.2, -0.15) is 0 Å². The van der Waals surface area contributed by atoms with E-state index < -0.39 is 5.60 Å². The van der Waals surface area contributed by atoms with E-state index in [0.717, 1.165) is 25.7 Å². The molecule has 1 aromatic rings. The molecule has 0 aromatic carbocycles. The topological polar surface area (TPSA) is 79.5 Å². The zero-order valence-corrected chi connectivity index (χ0v) is 11.7. The number of amides is 1. The fraction of sp³-hybridized carbons (Fsp3) is 0.538. The summed E-state index contributed by atoms with van der Waals surface area (Å²) in [7, 11) is 1.64. The average Bonchev–Trinajstić information content (AvgIpc) is 2.78. The van der Waals surface area contributed by atoms with Gasteiger partial charge in [-0.25, -0.2) is 4.98 Å². The minimum atomic E-state index is -0.781. The Morgan fingerprint density at radius 3 is 2.79 bits per heavy atom. The molecule has 0 bridgehead atoms. The first-order valence-corrected chi connectivity index (χ1v) is 6.69. The van der Waals surface area contributed by atoms with Gasteiger partial charge in [-0.15, -0.1) is 0 Å². The molecule has 2 rings (SSSR count). The van der Waals surface area contributed by atoms with Crippen molar-refractivity contribution in [1.82, 2.24) is 9.88 Å². The normalized spacial score (nSPS) is 17.4. The standard InChI is InChI=1S/C13H18ClN3O2/c1-17(8-13(19)6-2-3-7-13)12(18)11-9(14)4-5-10(15)16-11/h4-5,19H,2-3,6-8H2,1H3,(H2,15,16). The van der Waals surface area contributed by atoms with Gasteiger partial charge in [0, 0.05) is 13.6 Å². The first-order valence-electron chi connectivity index (χ1n) is 6.31. The molecular formula is C13H18ClN3O2. The van der Waals surface area contributed by atoms with Crippen LogP contribution in [0.2, 0.25) is 5.02 Å². The summed E-state index contributed by atoms with van der Waals surface area (Å²) in [5.74, 6) is -0.0710. The summed E-state index contributed by atoms with van der Waals surface area (Å²) in [5, 5.41) is 10.6. The van der Waals surface area contributed by atoms with E-state index in [2.05, 4.69) is 4.98 Å². The lowest BCUT2D eigenvalue weighted by Gasteiger charge is -2.28. The van der Waals surface area contributed by atoms with Gasteiger partial charge in [0.15, 0.2) is 0 Å². The number of carbonyl (C=O) groups excluding carboxylic acids is 1. The number of hydrogen-bond acceptors (Lipinski definition) is 4. The Morgan fingerprint density at radius 1 is 1.53 bits per heavy atom. The van der Waals surface area contributed by atoms with E-state index in [1.54, 1.807) is 19.2 Å². The second-order valence-corrected chi connectivity index (χ2v) is 5.57. The molecule has 0 unspecified atom stereocenters. The predicted octanol–water partition coefficient (Wildman–Crippen LogP) is 1.69. The number of carbonyl (C=O) groups is 1. The number of anilines is 1. The second-order valence-electron chi connectivity index (χ2n) is 5.16. The van der Waals surface area contributed by atoms with Crippen LogP contribution in [0.5, 0.6) is 0 Å². The zero-order valence-electron chi connectivity index (χ0n) is 10.9. The zero-order chi connectivity index (χ0) is 14.0. The van der Waals surface area contributed by atoms with Crippen molar-refractivity contribution in [3.63, 3.8) is 0 Å². The summed E-state index contributed by atoms with van der Waals surface area (Å²) in [6, 6.07) is 3.10. The number of nitrogens with two attached hydrogens (primary N) is 1. The second kappa shape index (κ2) is 5.35. The number of hydrogen-bond donors (Lipinski definition) is 2. The quantitative estimate of drug-likeness (QED) is 0.885. The van der Waals surface area contributed by atoms with Crippen LogP contribution in [0.1, 0.15) is 36.2 Å². The van der Waals surface area contributed by atoms with Crippen molar-refractivity contribution in [3.8, 4) is 0 Å². The van der Waals surface area contributed by atoms with Crippen LogP contribution in [0.3, 0.4) is 0 Å². The van der Waals surface area contributed by atoms with Gasteiger partial charge in [-0.05, 0) is 25.0 Å². The van der Waals surface area contributed by atoms with E-state index in [1.165, 1.54) is 4.90 Å². The smallest absolute Gasteiger partial charge is 0.273 e. The monoisotopic (exact) mass is 283 g/mol. The van der Waals surface area contributed by atoms with Gasteiger partial charge in [0.25, 0.3) is 5.91 Å². The van der Waals surface area contributed by atoms with Crippen molar-refractivity contribution in [1.29, 1.82) is 0 Å². The highest BCUT2D eigenvalue weighted by molar-refractivity contribution is 6.33. The SMILES string of the molecule is CN(CC1(O)CCCC1)C(=O)c1nc(N)ccc1Cl. The average molecular weight is 284 g/mol. The molecule has 1 amide bonds. The molecule has 1 aliphatic carbocycles. The van der Waals surface area contributed by atoms with Crippen LogP contribution in [0.25, 0.3) is 0 Å². The maximum atomic E-state index is 12.3. The van der Waals surface area contributed by atoms with Crippen molar-refractivity contribution in [3.05, 3.63) is 22.8 Å². The van der Waals surface area contributed by atoms with Crippen molar-refractivity contribution >= 4 is 23.3 Å². The molecule has 0 atom stereocenters. The maximum absolute atomic E-state index is 12.3. The van der Waals surface area contributed by atoms with E-state index in [1.807, 2.05) is 0 Å². The highest BCUT2D eigenvalue weighted by atomic mass is 35.5. The van der Waals surface area contributed by atoms with Crippen LogP contribution in [0.15, 0.2) is 12.1 Å². The molecule has 5 nitrogen and oxygen atoms in total. The Balaban J connectivity index is 2.12. The molecule has 3 N–H and O–H groups in total. The van der Waals surface area contributed by atoms with Gasteiger partial charge in [-0.1, -0.05) is 24.4 Å². The van der Waals surface area contributed by atoms with Gasteiger partial charge >= 0.3 is 0 Å². The highest BCUT2D eigenvalue weighted by Crippen LogP contribution is 2.30. The molecular weight excluding hydrogens is 266 g/mol. The van der Waals surface area contributed by atoms with E-state index in [9.17, 15) is 9.90 Å². The van der Waals surface area contributed by atoms with Crippen molar-refractivity contribution in [2.45, 2.75) is 31.3 Å². The van der Waals surface area contributed by atoms with Crippen LogP contribution in [-0.4, -0.2) is 40.1 Å². The van der Waals surface area contributed by atoms with Crippen LogP contribution in [0.4, 0.5) is 5.82 Å². The lowest BCUT2D eigenvalue weighted by molar-refractivity contribution is 0.0155. The van der Waals surface area contributed by atoms with Crippen LogP contribution >= 0.6 is 11.6 Å². The summed E-state index contributed by atoms with van der Waals surface area (Å²) < 4.78 is 0. The van der Waals surface area contributed by atoms with Crippen LogP contribution in [-0.2, 0) is 0 Å². The molecule has 6 heteroatoms. The summed E-state index contributed by atoms with van der Waals surface area (Å²) in [6.07, 6.45) is 3.44. The number of halogens is 1. The summed E-state index contributed by atoms with van der Waals surface area (Å²) >= 11 is 5.96. The maximum Gasteiger partial charge on any atom is 0.273 e. The Hall–Kier alpha value is -1.33. The molecule has 1 saturated carbocycles. The molecule has 0 saturated heterocycles. The molecule has 1 heterocycles. The number of nitrogens with zero attached hydrogens (tertiary/aromatic N) is 2. The van der Waals surface area contributed by atoms with Gasteiger partial charge in [-0.3, -0.25) is 4.79 Å². The first-order chi connectivity index (χ1) is 8.91. The molecule has 19 heavy (non-hydrogen) atoms. The fourth-order valence-electron chi connectivity index (χ4n) is 2.49. The number of nitrogen functional groups attached to an aromatic ring is 1. The van der Waals surface area contributed by atoms with Crippen molar-refractivity contribution < 1.29 is 9.90 Å². The van der Waals surface area contributed by atoms with Crippen molar-refractivity contribution in [2.24, 2.45) is 0 Å². The minimum absolute atomic E-state index is 0.130. The van der Waals surface area contributed by atoms with E-state index in [4.69, 9.17) is 17.3 Å². The van der Waals surface area contributed by atoms with Crippen LogP contribution < -0.4 is 5.73 Å². The van der Waals surface area contributed by atoms with Gasteiger partial charge < -0.3 is 15.7 Å². The molecule has 0 aliphatic heterocycles. The number of aromatic nitrogens is 1. The van der Waals surface area contributed by atoms with Gasteiger partial charge in [0.05, 0.1) is 10.6 Å². The number of pyridine rings is 1. The minimum Gasteiger partial charge on any atom is -0.388 e. The summed E-state index contributed by atoms with van der Waals surface area (Å²) in [5.41, 5.74) is 4.91. The van der Waals surface area contributed by atoms with Gasteiger partial charge in [0.1, 0.15) is 11.5 Å². The molecule has 1 fully saturated rings. The van der Waals surface area contributed by atoms with Gasteiger partial charge in [0.2, 0.25) is 0 Å². The molecule has 0 spiro atoms. The Morgan fingerprint density at radius 2 is 2.16 bits per heavy atom. The lowest BCUT2D eigenvalue weighted by atomic mass is 10.0. The molecule has 0 radical (unpaired) electrons. The van der Waals surface area contributed by atoms with E-state index in [-0.39, 0.29) is 22.4 Å².